The highest BCUT2D eigenvalue weighted by Gasteiger charge is 2.39. The molecule has 0 spiro atoms. The zero-order chi connectivity index (χ0) is 43.6. The lowest BCUT2D eigenvalue weighted by Gasteiger charge is -2.27. The Morgan fingerprint density at radius 1 is 0.594 bits per heavy atom. The molecule has 0 amide bonds. The molecule has 3 aromatic heterocycles. The van der Waals surface area contributed by atoms with Crippen LogP contribution >= 0.6 is 11.3 Å². The van der Waals surface area contributed by atoms with Gasteiger partial charge in [-0.1, -0.05) is 146 Å². The van der Waals surface area contributed by atoms with Gasteiger partial charge in [-0.15, -0.1) is 11.3 Å². The van der Waals surface area contributed by atoms with Gasteiger partial charge in [0.1, 0.15) is 11.2 Å². The third kappa shape index (κ3) is 5.22. The van der Waals surface area contributed by atoms with E-state index in [1.807, 2.05) is 11.3 Å². The van der Waals surface area contributed by atoms with Crippen LogP contribution in [0.1, 0.15) is 77.6 Å². The van der Waals surface area contributed by atoms with E-state index in [1.54, 1.807) is 0 Å². The Balaban J connectivity index is 1.19. The molecule has 1 aliphatic carbocycles. The van der Waals surface area contributed by atoms with E-state index < -0.39 is 0 Å². The van der Waals surface area contributed by atoms with Gasteiger partial charge in [0, 0.05) is 75.3 Å². The molecule has 13 rings (SSSR count). The van der Waals surface area contributed by atoms with Crippen LogP contribution in [0.5, 0.6) is 0 Å². The molecule has 0 fully saturated rings. The van der Waals surface area contributed by atoms with E-state index in [-0.39, 0.29) is 16.2 Å². The summed E-state index contributed by atoms with van der Waals surface area (Å²) in [5.41, 5.74) is 20.8. The van der Waals surface area contributed by atoms with E-state index in [1.165, 1.54) is 103 Å². The van der Waals surface area contributed by atoms with Crippen molar-refractivity contribution < 1.29 is 4.42 Å². The van der Waals surface area contributed by atoms with E-state index in [9.17, 15) is 0 Å². The van der Waals surface area contributed by atoms with Crippen molar-refractivity contribution in [3.05, 3.63) is 162 Å². The summed E-state index contributed by atoms with van der Waals surface area (Å²) in [6.45, 7) is 18.6. The normalized spacial score (nSPS) is 14.2. The molecule has 0 saturated carbocycles. The second-order valence-electron chi connectivity index (χ2n) is 21.0. The van der Waals surface area contributed by atoms with Gasteiger partial charge in [-0.3, -0.25) is 0 Å². The fourth-order valence-corrected chi connectivity index (χ4v) is 12.5. The summed E-state index contributed by atoms with van der Waals surface area (Å²) in [6, 6.07) is 52.7. The molecule has 0 unspecified atom stereocenters. The number of hydrogen-bond acceptors (Lipinski definition) is 3. The van der Waals surface area contributed by atoms with Crippen molar-refractivity contribution in [1.82, 2.24) is 4.57 Å². The number of thiophene rings is 1. The van der Waals surface area contributed by atoms with Gasteiger partial charge < -0.3 is 14.3 Å². The Bertz CT molecular complexity index is 3830. The lowest BCUT2D eigenvalue weighted by molar-refractivity contribution is 0.590. The zero-order valence-corrected chi connectivity index (χ0v) is 38.6. The van der Waals surface area contributed by atoms with E-state index >= 15 is 0 Å². The summed E-state index contributed by atoms with van der Waals surface area (Å²) < 4.78 is 12.5. The van der Waals surface area contributed by atoms with Crippen LogP contribution < -0.4 is 16.2 Å². The van der Waals surface area contributed by atoms with Crippen LogP contribution in [0.3, 0.4) is 0 Å². The zero-order valence-electron chi connectivity index (χ0n) is 37.7. The second-order valence-corrected chi connectivity index (χ2v) is 22.1. The van der Waals surface area contributed by atoms with E-state index in [0.717, 1.165) is 40.8 Å². The standard InChI is InChI=1S/C59H49BN2OS/c1-57(2,3)32-21-24-34(25-22-32)61-45-28-39-36-16-11-14-20-49(36)64-50(39)30-40(45)53-54-55-51(52-37-17-10-13-19-48(37)63-56(52)53)41-27-33(58(4,5)6)23-26-46(41)62(55)47-29-38-35-15-9-12-18-42(35)59(7,8)43(38)31-44(47)60-54/h9-31,60-61H,1-8H3. The molecule has 64 heavy (non-hydrogen) atoms. The number of aromatic nitrogens is 1. The van der Waals surface area contributed by atoms with Crippen molar-refractivity contribution in [1.29, 1.82) is 0 Å². The Labute approximate surface area is 378 Å². The number of nitrogens with one attached hydrogen (secondary N) is 1. The van der Waals surface area contributed by atoms with Gasteiger partial charge in [0.05, 0.1) is 11.0 Å². The molecule has 4 heterocycles. The Kier molecular flexibility index (Phi) is 7.59. The van der Waals surface area contributed by atoms with Gasteiger partial charge in [-0.05, 0) is 104 Å². The molecule has 8 aromatic carbocycles. The van der Waals surface area contributed by atoms with Crippen LogP contribution in [0.2, 0.25) is 0 Å². The Hall–Kier alpha value is -6.56. The van der Waals surface area contributed by atoms with Crippen molar-refractivity contribution in [3.63, 3.8) is 0 Å². The van der Waals surface area contributed by atoms with Crippen molar-refractivity contribution in [3.8, 4) is 27.9 Å². The number of benzene rings is 8. The van der Waals surface area contributed by atoms with Crippen molar-refractivity contribution >= 4 is 105 Å². The quantitative estimate of drug-likeness (QED) is 0.180. The minimum Gasteiger partial charge on any atom is -0.455 e. The highest BCUT2D eigenvalue weighted by molar-refractivity contribution is 7.25. The summed E-state index contributed by atoms with van der Waals surface area (Å²) in [4.78, 5) is 0. The monoisotopic (exact) mass is 844 g/mol. The molecular formula is C59H49BN2OS. The van der Waals surface area contributed by atoms with Gasteiger partial charge in [0.25, 0.3) is 0 Å². The van der Waals surface area contributed by atoms with E-state index in [4.69, 9.17) is 4.42 Å². The molecule has 0 bridgehead atoms. The number of hydrogen-bond donors (Lipinski definition) is 1. The van der Waals surface area contributed by atoms with Gasteiger partial charge in [-0.2, -0.15) is 0 Å². The molecule has 0 radical (unpaired) electrons. The van der Waals surface area contributed by atoms with Gasteiger partial charge in [0.2, 0.25) is 0 Å². The van der Waals surface area contributed by atoms with Crippen LogP contribution in [0.25, 0.3) is 91.9 Å². The van der Waals surface area contributed by atoms with E-state index in [2.05, 4.69) is 205 Å². The number of para-hydroxylation sites is 1. The summed E-state index contributed by atoms with van der Waals surface area (Å²) >= 11 is 1.87. The predicted molar refractivity (Wildman–Crippen MR) is 277 cm³/mol. The average molecular weight is 845 g/mol. The summed E-state index contributed by atoms with van der Waals surface area (Å²) in [6.07, 6.45) is 0. The maximum absolute atomic E-state index is 7.30. The minimum atomic E-state index is -0.117. The van der Waals surface area contributed by atoms with Crippen molar-refractivity contribution in [2.75, 3.05) is 5.32 Å². The summed E-state index contributed by atoms with van der Waals surface area (Å²) in [5, 5.41) is 11.4. The van der Waals surface area contributed by atoms with Gasteiger partial charge in [-0.25, -0.2) is 0 Å². The van der Waals surface area contributed by atoms with Crippen LogP contribution in [-0.2, 0) is 16.2 Å². The van der Waals surface area contributed by atoms with Gasteiger partial charge >= 0.3 is 0 Å². The number of rotatable bonds is 3. The Morgan fingerprint density at radius 2 is 1.31 bits per heavy atom. The predicted octanol–water partition coefficient (Wildman–Crippen LogP) is 15.1. The van der Waals surface area contributed by atoms with Crippen LogP contribution in [0, 0.1) is 0 Å². The number of fused-ring (bicyclic) bond motifs is 15. The maximum Gasteiger partial charge on any atom is 0.198 e. The molecular weight excluding hydrogens is 796 g/mol. The van der Waals surface area contributed by atoms with Crippen LogP contribution in [-0.4, -0.2) is 11.8 Å². The largest absolute Gasteiger partial charge is 0.455 e. The summed E-state index contributed by atoms with van der Waals surface area (Å²) in [5.74, 6) is 0. The number of nitrogens with zero attached hydrogens (tertiary/aromatic N) is 1. The number of furan rings is 1. The first-order chi connectivity index (χ1) is 30.7. The third-order valence-corrected chi connectivity index (χ3v) is 15.8. The lowest BCUT2D eigenvalue weighted by Crippen LogP contribution is -2.38. The van der Waals surface area contributed by atoms with Gasteiger partial charge in [0.15, 0.2) is 7.28 Å². The first kappa shape index (κ1) is 38.0. The van der Waals surface area contributed by atoms with Crippen molar-refractivity contribution in [2.45, 2.75) is 71.6 Å². The third-order valence-electron chi connectivity index (χ3n) is 14.7. The SMILES string of the molecule is CC(C)(C)c1ccc(Nc2cc3c(cc2-c2c4c5c(c6cc(C(C)(C)C)ccc6n5-c5cc6c(cc5B4)C(C)(C)c4ccccc4-6)c4c2oc2ccccc24)sc2ccccc23)cc1. The first-order valence-corrected chi connectivity index (χ1v) is 23.6. The fourth-order valence-electron chi connectivity index (χ4n) is 11.3. The average Bonchev–Trinajstić information content (AvgIpc) is 4.00. The molecule has 0 atom stereocenters. The molecule has 2 aliphatic rings. The van der Waals surface area contributed by atoms with E-state index in [0.29, 0.717) is 0 Å². The van der Waals surface area contributed by atoms with Crippen molar-refractivity contribution in [2.24, 2.45) is 0 Å². The lowest BCUT2D eigenvalue weighted by atomic mass is 9.58. The fraction of sp³-hybridized carbons (Fsp3) is 0.186. The molecule has 5 heteroatoms. The Morgan fingerprint density at radius 3 is 2.11 bits per heavy atom. The molecule has 1 N–H and O–H groups in total. The maximum atomic E-state index is 7.30. The highest BCUT2D eigenvalue weighted by atomic mass is 32.1. The number of anilines is 2. The van der Waals surface area contributed by atoms with Crippen LogP contribution in [0.4, 0.5) is 11.4 Å². The highest BCUT2D eigenvalue weighted by Crippen LogP contribution is 2.52. The molecule has 11 aromatic rings. The molecule has 1 aliphatic heterocycles. The second kappa shape index (κ2) is 12.8. The first-order valence-electron chi connectivity index (χ1n) is 22.8. The topological polar surface area (TPSA) is 30.1 Å². The minimum absolute atomic E-state index is 0.0253. The molecule has 310 valence electrons. The summed E-state index contributed by atoms with van der Waals surface area (Å²) in [7, 11) is 0.778. The molecule has 0 saturated heterocycles. The molecule has 3 nitrogen and oxygen atoms in total. The smallest absolute Gasteiger partial charge is 0.198 e. The van der Waals surface area contributed by atoms with Crippen LogP contribution in [0.15, 0.2) is 144 Å².